The average molecular weight is 823 g/mol. The monoisotopic (exact) mass is 822 g/mol. The zero-order valence-corrected chi connectivity index (χ0v) is 35.0. The Kier molecular flexibility index (Phi) is 9.05. The first-order valence-corrected chi connectivity index (χ1v) is 22.1. The number of hydrogen-bond donors (Lipinski definition) is 0. The minimum absolute atomic E-state index is 0.0877. The molecule has 4 nitrogen and oxygen atoms in total. The molecule has 0 spiro atoms. The molecule has 63 heavy (non-hydrogen) atoms. The lowest BCUT2D eigenvalue weighted by molar-refractivity contribution is 1.03. The van der Waals surface area contributed by atoms with E-state index >= 15 is 0 Å². The smallest absolute Gasteiger partial charge is 0.165 e. The molecule has 0 bridgehead atoms. The molecule has 5 heteroatoms. The van der Waals surface area contributed by atoms with Crippen LogP contribution < -0.4 is 4.90 Å². The molecule has 0 amide bonds. The Morgan fingerprint density at radius 2 is 0.794 bits per heavy atom. The summed E-state index contributed by atoms with van der Waals surface area (Å²) in [6.45, 7) is 0. The summed E-state index contributed by atoms with van der Waals surface area (Å²) in [4.78, 5) is 17.5. The Morgan fingerprint density at radius 1 is 0.317 bits per heavy atom. The molecule has 0 saturated carbocycles. The summed E-state index contributed by atoms with van der Waals surface area (Å²) in [6, 6.07) is 79.9. The number of anilines is 3. The molecule has 1 unspecified atom stereocenters. The lowest BCUT2D eigenvalue weighted by Crippen LogP contribution is -2.09. The molecule has 1 aliphatic rings. The van der Waals surface area contributed by atoms with Crippen molar-refractivity contribution in [2.24, 2.45) is 0 Å². The predicted octanol–water partition coefficient (Wildman–Crippen LogP) is 15.5. The fourth-order valence-corrected chi connectivity index (χ4v) is 10.6. The van der Waals surface area contributed by atoms with Crippen LogP contribution in [0.4, 0.5) is 17.1 Å². The highest BCUT2D eigenvalue weighted by Gasteiger charge is 2.32. The predicted molar refractivity (Wildman–Crippen MR) is 262 cm³/mol. The number of nitrogens with zero attached hydrogens (tertiary/aromatic N) is 4. The van der Waals surface area contributed by atoms with Gasteiger partial charge in [-0.3, -0.25) is 0 Å². The molecule has 296 valence electrons. The SMILES string of the molecule is c1ccc(-c2nc(-c3ccccc3)nc(-c3cccc4c3sc3c(C5c6ccccc6-c6cc(-c7ccc(N(c8ccccc8)c8ccccc8)cc7)ccc65)cccc34)n2)cc1. The van der Waals surface area contributed by atoms with E-state index in [-0.39, 0.29) is 5.92 Å². The van der Waals surface area contributed by atoms with Crippen molar-refractivity contribution in [3.63, 3.8) is 0 Å². The maximum absolute atomic E-state index is 5.14. The van der Waals surface area contributed by atoms with Crippen molar-refractivity contribution in [3.05, 3.63) is 241 Å². The van der Waals surface area contributed by atoms with Crippen molar-refractivity contribution in [3.8, 4) is 56.4 Å². The minimum atomic E-state index is 0.0877. The van der Waals surface area contributed by atoms with Crippen LogP contribution in [0.25, 0.3) is 76.6 Å². The van der Waals surface area contributed by atoms with Crippen LogP contribution in [-0.4, -0.2) is 15.0 Å². The summed E-state index contributed by atoms with van der Waals surface area (Å²) in [7, 11) is 0. The Hall–Kier alpha value is -7.99. The fraction of sp³-hybridized carbons (Fsp3) is 0.0172. The van der Waals surface area contributed by atoms with Crippen LogP contribution in [0, 0.1) is 0 Å². The Balaban J connectivity index is 0.952. The molecule has 2 aromatic heterocycles. The summed E-state index contributed by atoms with van der Waals surface area (Å²) in [5.41, 5.74) is 15.3. The summed E-state index contributed by atoms with van der Waals surface area (Å²) in [5, 5.41) is 2.46. The van der Waals surface area contributed by atoms with E-state index in [4.69, 9.17) is 15.0 Å². The molecule has 2 heterocycles. The van der Waals surface area contributed by atoms with Gasteiger partial charge < -0.3 is 4.90 Å². The molecule has 0 aliphatic heterocycles. The maximum Gasteiger partial charge on any atom is 0.165 e. The Bertz CT molecular complexity index is 3340. The molecule has 0 saturated heterocycles. The van der Waals surface area contributed by atoms with Gasteiger partial charge in [0.15, 0.2) is 17.5 Å². The molecule has 1 aliphatic carbocycles. The van der Waals surface area contributed by atoms with E-state index in [0.29, 0.717) is 17.5 Å². The van der Waals surface area contributed by atoms with Crippen LogP contribution >= 0.6 is 11.3 Å². The molecule has 1 atom stereocenters. The highest BCUT2D eigenvalue weighted by atomic mass is 32.1. The molecular formula is C58H38N4S. The standard InChI is InChI=1S/C58H38N4S/c1-5-17-39(18-6-1)56-59-57(40-19-7-2-8-20-40)61-58(60-56)51-30-16-28-49-48-27-15-29-50(54(48)63-55(49)51)53-46-26-14-13-25-45(46)52-37-41(33-36-47(52)53)38-31-34-44(35-32-38)62(42-21-9-3-10-22-42)43-23-11-4-12-24-43/h1-37,53H. The van der Waals surface area contributed by atoms with Crippen LogP contribution in [-0.2, 0) is 0 Å². The Morgan fingerprint density at radius 3 is 1.44 bits per heavy atom. The minimum Gasteiger partial charge on any atom is -0.311 e. The second kappa shape index (κ2) is 15.5. The second-order valence-electron chi connectivity index (χ2n) is 15.9. The molecule has 9 aromatic carbocycles. The lowest BCUT2D eigenvalue weighted by atomic mass is 9.88. The summed E-state index contributed by atoms with van der Waals surface area (Å²) in [6.07, 6.45) is 0. The van der Waals surface area contributed by atoms with Gasteiger partial charge in [-0.15, -0.1) is 11.3 Å². The quantitative estimate of drug-likeness (QED) is 0.153. The van der Waals surface area contributed by atoms with E-state index in [1.807, 2.05) is 47.7 Å². The average Bonchev–Trinajstić information content (AvgIpc) is 3.91. The van der Waals surface area contributed by atoms with Crippen molar-refractivity contribution in [1.29, 1.82) is 0 Å². The summed E-state index contributed by atoms with van der Waals surface area (Å²) < 4.78 is 2.46. The van der Waals surface area contributed by atoms with Gasteiger partial charge in [0.25, 0.3) is 0 Å². The largest absolute Gasteiger partial charge is 0.311 e. The lowest BCUT2D eigenvalue weighted by Gasteiger charge is -2.25. The van der Waals surface area contributed by atoms with Crippen molar-refractivity contribution in [1.82, 2.24) is 15.0 Å². The summed E-state index contributed by atoms with van der Waals surface area (Å²) in [5.74, 6) is 2.08. The number of aromatic nitrogens is 3. The van der Waals surface area contributed by atoms with Gasteiger partial charge in [0, 0.05) is 59.8 Å². The van der Waals surface area contributed by atoms with E-state index in [1.54, 1.807) is 0 Å². The van der Waals surface area contributed by atoms with E-state index < -0.39 is 0 Å². The zero-order chi connectivity index (χ0) is 41.7. The summed E-state index contributed by atoms with van der Waals surface area (Å²) >= 11 is 1.85. The third-order valence-corrected chi connectivity index (χ3v) is 13.5. The van der Waals surface area contributed by atoms with Gasteiger partial charge >= 0.3 is 0 Å². The zero-order valence-electron chi connectivity index (χ0n) is 34.1. The maximum atomic E-state index is 5.14. The van der Waals surface area contributed by atoms with Gasteiger partial charge in [-0.05, 0) is 87.5 Å². The number of fused-ring (bicyclic) bond motifs is 6. The first-order chi connectivity index (χ1) is 31.2. The van der Waals surface area contributed by atoms with E-state index in [2.05, 4.69) is 193 Å². The molecule has 0 fully saturated rings. The normalized spacial score (nSPS) is 12.9. The highest BCUT2D eigenvalue weighted by molar-refractivity contribution is 7.26. The number of hydrogen-bond acceptors (Lipinski definition) is 5. The van der Waals surface area contributed by atoms with Crippen molar-refractivity contribution < 1.29 is 0 Å². The highest BCUT2D eigenvalue weighted by Crippen LogP contribution is 2.52. The fourth-order valence-electron chi connectivity index (χ4n) is 9.30. The molecule has 0 radical (unpaired) electrons. The molecule has 12 rings (SSSR count). The number of para-hydroxylation sites is 2. The second-order valence-corrected chi connectivity index (χ2v) is 16.9. The third-order valence-electron chi connectivity index (χ3n) is 12.2. The van der Waals surface area contributed by atoms with E-state index in [0.717, 1.165) is 33.8 Å². The van der Waals surface area contributed by atoms with Crippen LogP contribution in [0.2, 0.25) is 0 Å². The van der Waals surface area contributed by atoms with Crippen LogP contribution in [0.15, 0.2) is 224 Å². The van der Waals surface area contributed by atoms with Gasteiger partial charge in [-0.25, -0.2) is 15.0 Å². The van der Waals surface area contributed by atoms with Crippen LogP contribution in [0.3, 0.4) is 0 Å². The molecule has 0 N–H and O–H groups in total. The number of thiophene rings is 1. The van der Waals surface area contributed by atoms with Gasteiger partial charge in [0.2, 0.25) is 0 Å². The van der Waals surface area contributed by atoms with Gasteiger partial charge in [-0.2, -0.15) is 0 Å². The van der Waals surface area contributed by atoms with Crippen LogP contribution in [0.5, 0.6) is 0 Å². The van der Waals surface area contributed by atoms with Crippen LogP contribution in [0.1, 0.15) is 22.6 Å². The Labute approximate surface area is 370 Å². The first-order valence-electron chi connectivity index (χ1n) is 21.3. The molecule has 11 aromatic rings. The van der Waals surface area contributed by atoms with Crippen molar-refractivity contribution in [2.45, 2.75) is 5.92 Å². The van der Waals surface area contributed by atoms with Gasteiger partial charge in [-0.1, -0.05) is 176 Å². The van der Waals surface area contributed by atoms with Gasteiger partial charge in [0.05, 0.1) is 0 Å². The molecular weight excluding hydrogens is 785 g/mol. The van der Waals surface area contributed by atoms with Gasteiger partial charge in [0.1, 0.15) is 0 Å². The van der Waals surface area contributed by atoms with E-state index in [1.165, 1.54) is 59.1 Å². The van der Waals surface area contributed by atoms with Crippen molar-refractivity contribution in [2.75, 3.05) is 4.90 Å². The topological polar surface area (TPSA) is 41.9 Å². The first kappa shape index (κ1) is 36.8. The number of rotatable bonds is 8. The number of benzene rings is 9. The third kappa shape index (κ3) is 6.49. The van der Waals surface area contributed by atoms with Crippen molar-refractivity contribution >= 4 is 48.6 Å². The van der Waals surface area contributed by atoms with E-state index in [9.17, 15) is 0 Å².